The Hall–Kier alpha value is -0.670. The molecule has 0 aromatic heterocycles. The molecule has 2 nitrogen and oxygen atoms in total. The van der Waals surface area contributed by atoms with Crippen molar-refractivity contribution in [1.29, 1.82) is 0 Å². The van der Waals surface area contributed by atoms with Gasteiger partial charge in [-0.2, -0.15) is 0 Å². The fourth-order valence-electron chi connectivity index (χ4n) is 1.23. The molecule has 0 aliphatic rings. The van der Waals surface area contributed by atoms with E-state index in [0.29, 0.717) is 12.1 Å². The maximum absolute atomic E-state index is 11.7. The summed E-state index contributed by atoms with van der Waals surface area (Å²) in [6.07, 6.45) is 2.80. The normalized spacial score (nSPS) is 12.2. The van der Waals surface area contributed by atoms with E-state index in [0.717, 1.165) is 11.3 Å². The van der Waals surface area contributed by atoms with Crippen LogP contribution >= 0.6 is 23.4 Å². The van der Waals surface area contributed by atoms with Gasteiger partial charge in [-0.25, -0.2) is 0 Å². The lowest BCUT2D eigenvalue weighted by Crippen LogP contribution is -2.25. The van der Waals surface area contributed by atoms with E-state index < -0.39 is 0 Å². The summed E-state index contributed by atoms with van der Waals surface area (Å²) in [5.74, 6) is -0.0371. The van der Waals surface area contributed by atoms with E-state index in [4.69, 9.17) is 11.6 Å². The first-order valence-corrected chi connectivity index (χ1v) is 6.86. The minimum absolute atomic E-state index is 0.0371. The number of carbonyl (C=O) groups is 1. The summed E-state index contributed by atoms with van der Waals surface area (Å²) in [5.41, 5.74) is 0.694. The van der Waals surface area contributed by atoms with Crippen LogP contribution in [0.5, 0.6) is 0 Å². The molecule has 0 aliphatic carbocycles. The molecule has 0 radical (unpaired) electrons. The molecular formula is C12H16ClNOS. The Morgan fingerprint density at radius 2 is 2.06 bits per heavy atom. The molecule has 0 aliphatic heterocycles. The van der Waals surface area contributed by atoms with Crippen molar-refractivity contribution in [3.63, 3.8) is 0 Å². The summed E-state index contributed by atoms with van der Waals surface area (Å²) in [7, 11) is 0. The van der Waals surface area contributed by atoms with Crippen LogP contribution < -0.4 is 5.32 Å². The van der Waals surface area contributed by atoms with Gasteiger partial charge in [-0.3, -0.25) is 4.79 Å². The average molecular weight is 258 g/mol. The predicted molar refractivity (Wildman–Crippen MR) is 70.5 cm³/mol. The van der Waals surface area contributed by atoms with Gasteiger partial charge < -0.3 is 5.32 Å². The molecule has 1 aromatic rings. The third-order valence-electron chi connectivity index (χ3n) is 2.18. The van der Waals surface area contributed by atoms with Crippen molar-refractivity contribution >= 4 is 29.3 Å². The van der Waals surface area contributed by atoms with Gasteiger partial charge in [0.15, 0.2) is 0 Å². The molecule has 0 heterocycles. The summed E-state index contributed by atoms with van der Waals surface area (Å²) < 4.78 is 0. The first-order chi connectivity index (χ1) is 7.63. The monoisotopic (exact) mass is 257 g/mol. The third-order valence-corrected chi connectivity index (χ3v) is 3.14. The van der Waals surface area contributed by atoms with E-state index in [-0.39, 0.29) is 11.3 Å². The second-order valence-corrected chi connectivity index (χ2v) is 5.18. The number of nitrogens with one attached hydrogen (secondary N) is 1. The third kappa shape index (κ3) is 4.45. The molecule has 0 fully saturated rings. The fraction of sp³-hybridized carbons (Fsp3) is 0.417. The zero-order valence-electron chi connectivity index (χ0n) is 9.50. The second-order valence-electron chi connectivity index (χ2n) is 3.55. The van der Waals surface area contributed by atoms with Gasteiger partial charge in [0.05, 0.1) is 0 Å². The molecular weight excluding hydrogens is 242 g/mol. The molecule has 1 N–H and O–H groups in total. The van der Waals surface area contributed by atoms with Crippen LogP contribution in [0.4, 0.5) is 0 Å². The van der Waals surface area contributed by atoms with E-state index in [2.05, 4.69) is 5.32 Å². The van der Waals surface area contributed by atoms with E-state index in [1.807, 2.05) is 37.4 Å². The molecule has 4 heteroatoms. The quantitative estimate of drug-likeness (QED) is 0.649. The van der Waals surface area contributed by atoms with Crippen LogP contribution in [0.3, 0.4) is 0 Å². The summed E-state index contributed by atoms with van der Waals surface area (Å²) in [5, 5.41) is 2.93. The Morgan fingerprint density at radius 3 is 2.56 bits per heavy atom. The van der Waals surface area contributed by atoms with Gasteiger partial charge in [0.1, 0.15) is 0 Å². The van der Waals surface area contributed by atoms with Crippen molar-refractivity contribution in [1.82, 2.24) is 5.32 Å². The Kier molecular flexibility index (Phi) is 5.71. The molecule has 88 valence electrons. The van der Waals surface area contributed by atoms with Crippen LogP contribution in [0.15, 0.2) is 29.2 Å². The minimum atomic E-state index is -0.0371. The molecule has 0 spiro atoms. The maximum Gasteiger partial charge on any atom is 0.251 e. The molecule has 0 bridgehead atoms. The van der Waals surface area contributed by atoms with Crippen LogP contribution in [0.25, 0.3) is 0 Å². The molecule has 1 aromatic carbocycles. The van der Waals surface area contributed by atoms with Gasteiger partial charge in [0.25, 0.3) is 5.91 Å². The number of hydrogen-bond donors (Lipinski definition) is 1. The average Bonchev–Trinajstić information content (AvgIpc) is 2.28. The highest BCUT2D eigenvalue weighted by Crippen LogP contribution is 2.14. The number of rotatable bonds is 5. The highest BCUT2D eigenvalue weighted by molar-refractivity contribution is 7.98. The summed E-state index contributed by atoms with van der Waals surface area (Å²) in [6.45, 7) is 2.54. The van der Waals surface area contributed by atoms with E-state index in [1.165, 1.54) is 0 Å². The lowest BCUT2D eigenvalue weighted by Gasteiger charge is -2.06. The van der Waals surface area contributed by atoms with Crippen LogP contribution in [0.2, 0.25) is 0 Å². The minimum Gasteiger partial charge on any atom is -0.352 e. The molecule has 0 saturated heterocycles. The fourth-order valence-corrected chi connectivity index (χ4v) is 1.75. The molecule has 1 unspecified atom stereocenters. The number of thioether (sulfide) groups is 1. The zero-order valence-corrected chi connectivity index (χ0v) is 11.1. The number of halogens is 1. The van der Waals surface area contributed by atoms with Gasteiger partial charge in [0, 0.05) is 22.4 Å². The van der Waals surface area contributed by atoms with E-state index in [1.54, 1.807) is 11.8 Å². The molecule has 0 saturated carbocycles. The SMILES string of the molecule is CSc1ccc(C(=O)NCCC(C)Cl)cc1. The standard InChI is InChI=1S/C12H16ClNOS/c1-9(13)7-8-14-12(15)10-3-5-11(16-2)6-4-10/h3-6,9H,7-8H2,1-2H3,(H,14,15). The smallest absolute Gasteiger partial charge is 0.251 e. The first kappa shape index (κ1) is 13.4. The molecule has 1 atom stereocenters. The van der Waals surface area contributed by atoms with Crippen LogP contribution in [-0.2, 0) is 0 Å². The maximum atomic E-state index is 11.7. The highest BCUT2D eigenvalue weighted by Gasteiger charge is 2.05. The summed E-state index contributed by atoms with van der Waals surface area (Å²) >= 11 is 7.45. The van der Waals surface area contributed by atoms with Crippen molar-refractivity contribution in [2.45, 2.75) is 23.6 Å². The van der Waals surface area contributed by atoms with Crippen LogP contribution in [-0.4, -0.2) is 24.1 Å². The number of alkyl halides is 1. The Morgan fingerprint density at radius 1 is 1.44 bits per heavy atom. The number of carbonyl (C=O) groups excluding carboxylic acids is 1. The lowest BCUT2D eigenvalue weighted by atomic mass is 10.2. The van der Waals surface area contributed by atoms with Gasteiger partial charge in [-0.1, -0.05) is 0 Å². The summed E-state index contributed by atoms with van der Waals surface area (Å²) in [6, 6.07) is 7.57. The highest BCUT2D eigenvalue weighted by atomic mass is 35.5. The topological polar surface area (TPSA) is 29.1 Å². The lowest BCUT2D eigenvalue weighted by molar-refractivity contribution is 0.0953. The molecule has 1 rings (SSSR count). The van der Waals surface area contributed by atoms with Gasteiger partial charge >= 0.3 is 0 Å². The van der Waals surface area contributed by atoms with Crippen molar-refractivity contribution in [2.75, 3.05) is 12.8 Å². The van der Waals surface area contributed by atoms with Crippen molar-refractivity contribution in [3.8, 4) is 0 Å². The predicted octanol–water partition coefficient (Wildman–Crippen LogP) is 3.16. The van der Waals surface area contributed by atoms with E-state index >= 15 is 0 Å². The van der Waals surface area contributed by atoms with Crippen molar-refractivity contribution in [3.05, 3.63) is 29.8 Å². The Balaban J connectivity index is 2.46. The van der Waals surface area contributed by atoms with Crippen molar-refractivity contribution < 1.29 is 4.79 Å². The van der Waals surface area contributed by atoms with Gasteiger partial charge in [0.2, 0.25) is 0 Å². The van der Waals surface area contributed by atoms with Gasteiger partial charge in [-0.15, -0.1) is 23.4 Å². The number of hydrogen-bond acceptors (Lipinski definition) is 2. The van der Waals surface area contributed by atoms with Gasteiger partial charge in [-0.05, 0) is 43.9 Å². The molecule has 1 amide bonds. The Labute approximate surface area is 106 Å². The van der Waals surface area contributed by atoms with Crippen LogP contribution in [0.1, 0.15) is 23.7 Å². The first-order valence-electron chi connectivity index (χ1n) is 5.20. The molecule has 16 heavy (non-hydrogen) atoms. The second kappa shape index (κ2) is 6.81. The zero-order chi connectivity index (χ0) is 12.0. The van der Waals surface area contributed by atoms with Crippen LogP contribution in [0, 0.1) is 0 Å². The van der Waals surface area contributed by atoms with Crippen molar-refractivity contribution in [2.24, 2.45) is 0 Å². The summed E-state index contributed by atoms with van der Waals surface area (Å²) in [4.78, 5) is 12.8. The Bertz CT molecular complexity index is 337. The largest absolute Gasteiger partial charge is 0.352 e. The number of amides is 1. The number of benzene rings is 1. The van der Waals surface area contributed by atoms with E-state index in [9.17, 15) is 4.79 Å².